The fourth-order valence-electron chi connectivity index (χ4n) is 2.95. The summed E-state index contributed by atoms with van der Waals surface area (Å²) in [6.45, 7) is 4.20. The number of benzene rings is 1. The molecule has 1 aromatic heterocycles. The molecule has 2 aromatic rings. The molecule has 0 amide bonds. The van der Waals surface area contributed by atoms with Crippen LogP contribution in [-0.2, 0) is 11.2 Å². The molecule has 1 heterocycles. The Kier molecular flexibility index (Phi) is 9.14. The molecular formula is C22H29NO4S. The van der Waals surface area contributed by atoms with Crippen molar-refractivity contribution in [3.05, 3.63) is 45.4 Å². The van der Waals surface area contributed by atoms with Gasteiger partial charge in [0.2, 0.25) is 5.78 Å². The third kappa shape index (κ3) is 6.75. The summed E-state index contributed by atoms with van der Waals surface area (Å²) in [6, 6.07) is 5.97. The summed E-state index contributed by atoms with van der Waals surface area (Å²) >= 11 is 1.12. The minimum Gasteiger partial charge on any atom is -0.485 e. The maximum absolute atomic E-state index is 12.2. The molecule has 0 radical (unpaired) electrons. The summed E-state index contributed by atoms with van der Waals surface area (Å²) in [4.78, 5) is 27.6. The number of aryl methyl sites for hydroxylation is 2. The predicted octanol–water partition coefficient (Wildman–Crippen LogP) is 5.40. The van der Waals surface area contributed by atoms with Gasteiger partial charge in [-0.3, -0.25) is 4.79 Å². The summed E-state index contributed by atoms with van der Waals surface area (Å²) in [5, 5.41) is 1.76. The van der Waals surface area contributed by atoms with E-state index in [2.05, 4.69) is 29.6 Å². The first kappa shape index (κ1) is 22.1. The molecule has 28 heavy (non-hydrogen) atoms. The number of ketones is 1. The number of esters is 1. The minimum absolute atomic E-state index is 0.107. The van der Waals surface area contributed by atoms with E-state index in [4.69, 9.17) is 4.74 Å². The van der Waals surface area contributed by atoms with Crippen molar-refractivity contribution < 1.29 is 19.1 Å². The lowest BCUT2D eigenvalue weighted by atomic mass is 10.0. The smallest absolute Gasteiger partial charge is 0.357 e. The molecule has 0 aliphatic rings. The first-order chi connectivity index (χ1) is 13.5. The van der Waals surface area contributed by atoms with E-state index in [0.717, 1.165) is 17.8 Å². The van der Waals surface area contributed by atoms with Crippen molar-refractivity contribution >= 4 is 23.1 Å². The maximum atomic E-state index is 12.2. The number of ether oxygens (including phenoxy) is 2. The quantitative estimate of drug-likeness (QED) is 0.270. The van der Waals surface area contributed by atoms with Crippen LogP contribution in [0.4, 0.5) is 0 Å². The lowest BCUT2D eigenvalue weighted by molar-refractivity contribution is 0.0595. The number of rotatable bonds is 12. The van der Waals surface area contributed by atoms with Crippen LogP contribution in [-0.4, -0.2) is 30.5 Å². The second-order valence-corrected chi connectivity index (χ2v) is 7.71. The van der Waals surface area contributed by atoms with E-state index < -0.39 is 5.97 Å². The molecule has 0 aliphatic carbocycles. The number of carbonyl (C=O) groups excluding carboxylic acids is 2. The van der Waals surface area contributed by atoms with Crippen molar-refractivity contribution in [2.45, 2.75) is 58.8 Å². The van der Waals surface area contributed by atoms with Crippen LogP contribution in [0.1, 0.15) is 76.9 Å². The maximum Gasteiger partial charge on any atom is 0.357 e. The molecule has 2 rings (SSSR count). The van der Waals surface area contributed by atoms with E-state index in [1.54, 1.807) is 0 Å². The molecule has 0 spiro atoms. The van der Waals surface area contributed by atoms with Crippen LogP contribution in [0.25, 0.3) is 0 Å². The Morgan fingerprint density at radius 3 is 2.57 bits per heavy atom. The Morgan fingerprint density at radius 2 is 1.86 bits per heavy atom. The zero-order valence-electron chi connectivity index (χ0n) is 17.0. The normalized spacial score (nSPS) is 10.7. The third-order valence-electron chi connectivity index (χ3n) is 4.62. The molecule has 5 nitrogen and oxygen atoms in total. The first-order valence-corrected chi connectivity index (χ1v) is 10.7. The van der Waals surface area contributed by atoms with Crippen LogP contribution in [0.15, 0.2) is 23.6 Å². The predicted molar refractivity (Wildman–Crippen MR) is 112 cm³/mol. The zero-order valence-corrected chi connectivity index (χ0v) is 17.8. The van der Waals surface area contributed by atoms with Gasteiger partial charge in [0.1, 0.15) is 5.75 Å². The van der Waals surface area contributed by atoms with Gasteiger partial charge in [-0.1, -0.05) is 45.1 Å². The number of methoxy groups -OCH3 is 1. The van der Waals surface area contributed by atoms with E-state index in [-0.39, 0.29) is 23.1 Å². The second-order valence-electron chi connectivity index (χ2n) is 6.85. The minimum atomic E-state index is -0.548. The third-order valence-corrected chi connectivity index (χ3v) is 5.50. The van der Waals surface area contributed by atoms with Crippen molar-refractivity contribution in [2.24, 2.45) is 0 Å². The Hall–Kier alpha value is -2.21. The van der Waals surface area contributed by atoms with Crippen molar-refractivity contribution in [3.63, 3.8) is 0 Å². The van der Waals surface area contributed by atoms with E-state index in [1.807, 2.05) is 12.1 Å². The average Bonchev–Trinajstić information content (AvgIpc) is 3.19. The average molecular weight is 404 g/mol. The topological polar surface area (TPSA) is 65.5 Å². The number of Topliss-reactive ketones (excluding diaryl/α,β-unsaturated/α-hetero) is 1. The number of hydrogen-bond acceptors (Lipinski definition) is 6. The lowest BCUT2D eigenvalue weighted by Crippen LogP contribution is -2.12. The van der Waals surface area contributed by atoms with Gasteiger partial charge in [-0.15, -0.1) is 11.3 Å². The van der Waals surface area contributed by atoms with Gasteiger partial charge in [-0.25, -0.2) is 9.78 Å². The van der Waals surface area contributed by atoms with E-state index in [0.29, 0.717) is 5.75 Å². The van der Waals surface area contributed by atoms with Crippen molar-refractivity contribution in [1.82, 2.24) is 4.98 Å². The van der Waals surface area contributed by atoms with Crippen molar-refractivity contribution in [1.29, 1.82) is 0 Å². The van der Waals surface area contributed by atoms with Gasteiger partial charge >= 0.3 is 5.97 Å². The number of thiazole rings is 1. The SMILES string of the molecule is CCCCCCCCc1ccc(OCC(=O)c2nc(C(=O)OC)cs2)cc1C. The number of aromatic nitrogens is 1. The monoisotopic (exact) mass is 403 g/mol. The molecule has 0 saturated carbocycles. The molecule has 0 N–H and O–H groups in total. The molecule has 0 atom stereocenters. The molecular weight excluding hydrogens is 374 g/mol. The summed E-state index contributed by atoms with van der Waals surface area (Å²) in [5.74, 6) is -0.135. The van der Waals surface area contributed by atoms with Crippen molar-refractivity contribution in [2.75, 3.05) is 13.7 Å². The fraction of sp³-hybridized carbons (Fsp3) is 0.500. The van der Waals surface area contributed by atoms with Gasteiger partial charge in [0.15, 0.2) is 17.3 Å². The molecule has 0 unspecified atom stereocenters. The Bertz CT molecular complexity index is 785. The van der Waals surface area contributed by atoms with Gasteiger partial charge in [-0.05, 0) is 43.0 Å². The molecule has 0 saturated heterocycles. The van der Waals surface area contributed by atoms with Crippen LogP contribution in [0.5, 0.6) is 5.75 Å². The van der Waals surface area contributed by atoms with Crippen molar-refractivity contribution in [3.8, 4) is 5.75 Å². The number of hydrogen-bond donors (Lipinski definition) is 0. The summed E-state index contributed by atoms with van der Waals surface area (Å²) in [5.41, 5.74) is 2.66. The molecule has 0 bridgehead atoms. The van der Waals surface area contributed by atoms with Crippen LogP contribution < -0.4 is 4.74 Å². The zero-order chi connectivity index (χ0) is 20.4. The second kappa shape index (κ2) is 11.6. The van der Waals surface area contributed by atoms with Gasteiger partial charge < -0.3 is 9.47 Å². The highest BCUT2D eigenvalue weighted by Gasteiger charge is 2.16. The molecule has 6 heteroatoms. The fourth-order valence-corrected chi connectivity index (χ4v) is 3.66. The summed E-state index contributed by atoms with van der Waals surface area (Å²) in [6.07, 6.45) is 8.80. The van der Waals surface area contributed by atoms with Crippen LogP contribution in [0.3, 0.4) is 0 Å². The van der Waals surface area contributed by atoms with Crippen LogP contribution in [0, 0.1) is 6.92 Å². The Morgan fingerprint density at radius 1 is 1.11 bits per heavy atom. The highest BCUT2D eigenvalue weighted by molar-refractivity contribution is 7.12. The Labute approximate surface area is 171 Å². The number of nitrogens with zero attached hydrogens (tertiary/aromatic N) is 1. The highest BCUT2D eigenvalue weighted by atomic mass is 32.1. The molecule has 1 aromatic carbocycles. The van der Waals surface area contributed by atoms with Gasteiger partial charge in [0.25, 0.3) is 0 Å². The van der Waals surface area contributed by atoms with E-state index in [9.17, 15) is 9.59 Å². The number of unbranched alkanes of at least 4 members (excludes halogenated alkanes) is 5. The van der Waals surface area contributed by atoms with Gasteiger partial charge in [-0.2, -0.15) is 0 Å². The summed E-state index contributed by atoms with van der Waals surface area (Å²) in [7, 11) is 1.28. The molecule has 0 aliphatic heterocycles. The van der Waals surface area contributed by atoms with E-state index >= 15 is 0 Å². The summed E-state index contributed by atoms with van der Waals surface area (Å²) < 4.78 is 10.2. The Balaban J connectivity index is 1.81. The van der Waals surface area contributed by atoms with E-state index in [1.165, 1.54) is 62.1 Å². The first-order valence-electron chi connectivity index (χ1n) is 9.84. The van der Waals surface area contributed by atoms with Gasteiger partial charge in [0.05, 0.1) is 7.11 Å². The largest absolute Gasteiger partial charge is 0.485 e. The standard InChI is InChI=1S/C22H29NO4S/c1-4-5-6-7-8-9-10-17-11-12-18(13-16(17)2)27-14-20(24)21-23-19(15-28-21)22(25)26-3/h11-13,15H,4-10,14H2,1-3H3. The lowest BCUT2D eigenvalue weighted by Gasteiger charge is -2.10. The molecule has 0 fully saturated rings. The van der Waals surface area contributed by atoms with Gasteiger partial charge in [0, 0.05) is 5.38 Å². The molecule has 152 valence electrons. The number of carbonyl (C=O) groups is 2. The van der Waals surface area contributed by atoms with Crippen LogP contribution >= 0.6 is 11.3 Å². The highest BCUT2D eigenvalue weighted by Crippen LogP contribution is 2.20. The van der Waals surface area contributed by atoms with Crippen LogP contribution in [0.2, 0.25) is 0 Å².